The smallest absolute Gasteiger partial charge is 0.191 e. The Hall–Kier alpha value is -1.64. The van der Waals surface area contributed by atoms with E-state index in [1.54, 1.807) is 0 Å². The van der Waals surface area contributed by atoms with Gasteiger partial charge in [-0.1, -0.05) is 60.7 Å². The molecule has 0 aliphatic carbocycles. The van der Waals surface area contributed by atoms with Crippen LogP contribution in [0.4, 0.5) is 0 Å². The van der Waals surface area contributed by atoms with Crippen molar-refractivity contribution in [1.29, 1.82) is 0 Å². The molecule has 0 saturated carbocycles. The van der Waals surface area contributed by atoms with Gasteiger partial charge in [-0.15, -0.1) is 24.0 Å². The lowest BCUT2D eigenvalue weighted by molar-refractivity contribution is -0.0164. The van der Waals surface area contributed by atoms with Crippen LogP contribution in [0.1, 0.15) is 49.1 Å². The molecular weight excluding hydrogens is 523 g/mol. The molecule has 0 amide bonds. The minimum atomic E-state index is 0. The molecule has 4 rings (SSSR count). The maximum atomic E-state index is 5.69. The van der Waals surface area contributed by atoms with Crippen molar-refractivity contribution in [2.45, 2.75) is 43.6 Å². The van der Waals surface area contributed by atoms with Gasteiger partial charge in [-0.2, -0.15) is 0 Å². The van der Waals surface area contributed by atoms with Crippen LogP contribution < -0.4 is 10.6 Å². The summed E-state index contributed by atoms with van der Waals surface area (Å²) in [5, 5.41) is 7.23. The van der Waals surface area contributed by atoms with Crippen LogP contribution in [-0.2, 0) is 4.74 Å². The zero-order valence-corrected chi connectivity index (χ0v) is 22.2. The summed E-state index contributed by atoms with van der Waals surface area (Å²) in [6.45, 7) is 5.94. The van der Waals surface area contributed by atoms with E-state index < -0.39 is 0 Å². The predicted molar refractivity (Wildman–Crippen MR) is 148 cm³/mol. The summed E-state index contributed by atoms with van der Waals surface area (Å²) in [5.41, 5.74) is 2.92. The zero-order chi connectivity index (χ0) is 22.1. The maximum absolute atomic E-state index is 5.69. The minimum absolute atomic E-state index is 0. The van der Waals surface area contributed by atoms with E-state index in [2.05, 4.69) is 81.2 Å². The van der Waals surface area contributed by atoms with Crippen molar-refractivity contribution in [3.8, 4) is 0 Å². The van der Waals surface area contributed by atoms with Gasteiger partial charge in [0.2, 0.25) is 0 Å². The molecule has 2 aliphatic rings. The summed E-state index contributed by atoms with van der Waals surface area (Å²) in [7, 11) is 1.87. The number of aliphatic imine (C=N–C) groups is 1. The van der Waals surface area contributed by atoms with E-state index in [9.17, 15) is 0 Å². The first kappa shape index (κ1) is 26.0. The Kier molecular flexibility index (Phi) is 10.5. The molecule has 2 saturated heterocycles. The van der Waals surface area contributed by atoms with Crippen molar-refractivity contribution in [3.05, 3.63) is 71.8 Å². The lowest BCUT2D eigenvalue weighted by Gasteiger charge is -2.45. The maximum Gasteiger partial charge on any atom is 0.191 e. The van der Waals surface area contributed by atoms with Gasteiger partial charge in [-0.05, 0) is 56.3 Å². The molecule has 0 radical (unpaired) electrons. The molecule has 2 N–H and O–H groups in total. The highest BCUT2D eigenvalue weighted by molar-refractivity contribution is 14.0. The zero-order valence-electron chi connectivity index (χ0n) is 19.8. The Balaban J connectivity index is 0.00000306. The van der Waals surface area contributed by atoms with Gasteiger partial charge in [0.15, 0.2) is 5.96 Å². The van der Waals surface area contributed by atoms with Crippen LogP contribution in [0.5, 0.6) is 0 Å². The van der Waals surface area contributed by atoms with E-state index in [1.165, 1.54) is 37.1 Å². The summed E-state index contributed by atoms with van der Waals surface area (Å²) < 4.78 is 5.69. The van der Waals surface area contributed by atoms with Crippen LogP contribution >= 0.6 is 24.0 Å². The molecule has 2 aromatic rings. The van der Waals surface area contributed by atoms with Crippen molar-refractivity contribution in [2.24, 2.45) is 4.99 Å². The van der Waals surface area contributed by atoms with Gasteiger partial charge in [0.05, 0.1) is 0 Å². The van der Waals surface area contributed by atoms with Crippen LogP contribution in [0.15, 0.2) is 65.7 Å². The molecule has 0 aromatic heterocycles. The van der Waals surface area contributed by atoms with Crippen molar-refractivity contribution < 1.29 is 4.74 Å². The van der Waals surface area contributed by atoms with Crippen molar-refractivity contribution >= 4 is 29.9 Å². The second kappa shape index (κ2) is 13.3. The van der Waals surface area contributed by atoms with Gasteiger partial charge in [0.1, 0.15) is 0 Å². The van der Waals surface area contributed by atoms with Crippen LogP contribution in [0.25, 0.3) is 0 Å². The first-order chi connectivity index (χ1) is 15.8. The number of guanidine groups is 1. The van der Waals surface area contributed by atoms with Crippen LogP contribution in [0, 0.1) is 0 Å². The summed E-state index contributed by atoms with van der Waals surface area (Å²) >= 11 is 0. The standard InChI is InChI=1S/C27H38N4O.HI/c1-28-26(30-22-27(15-20-32-21-16-27)31-18-8-9-19-31)29-17-14-25(23-10-4-2-5-11-23)24-12-6-3-7-13-24;/h2-7,10-13,25H,8-9,14-22H2,1H3,(H2,28,29,30);1H. The van der Waals surface area contributed by atoms with Crippen LogP contribution in [0.3, 0.4) is 0 Å². The SMILES string of the molecule is CN=C(NCCC(c1ccccc1)c1ccccc1)NCC1(N2CCCC2)CCOCC1.I. The first-order valence-corrected chi connectivity index (χ1v) is 12.2. The third-order valence-corrected chi connectivity index (χ3v) is 7.14. The Morgan fingerprint density at radius 1 is 0.939 bits per heavy atom. The van der Waals surface area contributed by atoms with E-state index in [0.29, 0.717) is 5.92 Å². The summed E-state index contributed by atoms with van der Waals surface area (Å²) in [5.74, 6) is 1.27. The van der Waals surface area contributed by atoms with E-state index in [-0.39, 0.29) is 29.5 Å². The fraction of sp³-hybridized carbons (Fsp3) is 0.519. The molecule has 2 aromatic carbocycles. The highest BCUT2D eigenvalue weighted by Crippen LogP contribution is 2.31. The molecule has 0 atom stereocenters. The third kappa shape index (κ3) is 6.93. The lowest BCUT2D eigenvalue weighted by atomic mass is 9.88. The quantitative estimate of drug-likeness (QED) is 0.280. The number of halogens is 1. The Bertz CT molecular complexity index is 794. The van der Waals surface area contributed by atoms with Gasteiger partial charge < -0.3 is 15.4 Å². The highest BCUT2D eigenvalue weighted by Gasteiger charge is 2.39. The summed E-state index contributed by atoms with van der Waals surface area (Å²) in [6.07, 6.45) is 5.84. The lowest BCUT2D eigenvalue weighted by Crippen LogP contribution is -2.58. The van der Waals surface area contributed by atoms with E-state index in [4.69, 9.17) is 4.74 Å². The molecule has 0 spiro atoms. The van der Waals surface area contributed by atoms with Gasteiger partial charge in [0, 0.05) is 44.8 Å². The number of likely N-dealkylation sites (tertiary alicyclic amines) is 1. The number of hydrogen-bond donors (Lipinski definition) is 2. The number of nitrogens with one attached hydrogen (secondary N) is 2. The van der Waals surface area contributed by atoms with E-state index in [1.807, 2.05) is 7.05 Å². The van der Waals surface area contributed by atoms with Gasteiger partial charge in [-0.25, -0.2) is 0 Å². The van der Waals surface area contributed by atoms with Crippen LogP contribution in [0.2, 0.25) is 0 Å². The van der Waals surface area contributed by atoms with Crippen LogP contribution in [-0.4, -0.2) is 62.8 Å². The monoisotopic (exact) mass is 562 g/mol. The normalized spacial score (nSPS) is 18.7. The van der Waals surface area contributed by atoms with Crippen molar-refractivity contribution in [2.75, 3.05) is 46.4 Å². The topological polar surface area (TPSA) is 48.9 Å². The van der Waals surface area contributed by atoms with E-state index >= 15 is 0 Å². The van der Waals surface area contributed by atoms with Gasteiger partial charge in [0.25, 0.3) is 0 Å². The van der Waals surface area contributed by atoms with Crippen molar-refractivity contribution in [1.82, 2.24) is 15.5 Å². The average molecular weight is 563 g/mol. The fourth-order valence-electron chi connectivity index (χ4n) is 5.25. The Morgan fingerprint density at radius 2 is 1.52 bits per heavy atom. The van der Waals surface area contributed by atoms with E-state index in [0.717, 1.165) is 51.5 Å². The second-order valence-corrected chi connectivity index (χ2v) is 9.05. The number of ether oxygens (including phenoxy) is 1. The van der Waals surface area contributed by atoms with Crippen molar-refractivity contribution in [3.63, 3.8) is 0 Å². The first-order valence-electron chi connectivity index (χ1n) is 12.2. The molecule has 2 fully saturated rings. The van der Waals surface area contributed by atoms with Gasteiger partial charge >= 0.3 is 0 Å². The van der Waals surface area contributed by atoms with Gasteiger partial charge in [-0.3, -0.25) is 9.89 Å². The number of nitrogens with zero attached hydrogens (tertiary/aromatic N) is 2. The molecule has 2 heterocycles. The number of hydrogen-bond acceptors (Lipinski definition) is 3. The predicted octanol–water partition coefficient (Wildman–Crippen LogP) is 4.64. The average Bonchev–Trinajstić information content (AvgIpc) is 3.41. The Labute approximate surface area is 216 Å². The third-order valence-electron chi connectivity index (χ3n) is 7.14. The molecule has 0 bridgehead atoms. The molecule has 180 valence electrons. The fourth-order valence-corrected chi connectivity index (χ4v) is 5.25. The minimum Gasteiger partial charge on any atom is -0.381 e. The molecular formula is C27H39IN4O. The second-order valence-electron chi connectivity index (χ2n) is 9.05. The summed E-state index contributed by atoms with van der Waals surface area (Å²) in [4.78, 5) is 7.21. The Morgan fingerprint density at radius 3 is 2.06 bits per heavy atom. The summed E-state index contributed by atoms with van der Waals surface area (Å²) in [6, 6.07) is 21.6. The molecule has 33 heavy (non-hydrogen) atoms. The molecule has 2 aliphatic heterocycles. The number of rotatable bonds is 8. The number of benzene rings is 2. The largest absolute Gasteiger partial charge is 0.381 e. The molecule has 6 heteroatoms. The molecule has 5 nitrogen and oxygen atoms in total. The molecule has 0 unspecified atom stereocenters. The highest BCUT2D eigenvalue weighted by atomic mass is 127.